The summed E-state index contributed by atoms with van der Waals surface area (Å²) < 4.78 is 0. The zero-order chi connectivity index (χ0) is 11.2. The van der Waals surface area contributed by atoms with Crippen molar-refractivity contribution in [2.24, 2.45) is 17.4 Å². The van der Waals surface area contributed by atoms with E-state index in [1.807, 2.05) is 11.7 Å². The van der Waals surface area contributed by atoms with Crippen LogP contribution in [0.4, 0.5) is 0 Å². The van der Waals surface area contributed by atoms with E-state index in [2.05, 4.69) is 4.98 Å². The highest BCUT2D eigenvalue weighted by Gasteiger charge is 2.52. The smallest absolute Gasteiger partial charge is 0.0794 e. The molecule has 0 bridgehead atoms. The molecule has 1 aromatic rings. The summed E-state index contributed by atoms with van der Waals surface area (Å²) in [5.41, 5.74) is 14.5. The van der Waals surface area contributed by atoms with Gasteiger partial charge in [-0.15, -0.1) is 11.3 Å². The average Bonchev–Trinajstić information content (AvgIpc) is 2.92. The highest BCUT2D eigenvalue weighted by atomic mass is 32.1. The van der Waals surface area contributed by atoms with Crippen LogP contribution in [0.2, 0.25) is 0 Å². The molecule has 2 aliphatic carbocycles. The van der Waals surface area contributed by atoms with Crippen LogP contribution in [0, 0.1) is 5.92 Å². The lowest BCUT2D eigenvalue weighted by atomic mass is 9.76. The molecule has 1 heterocycles. The lowest BCUT2D eigenvalue weighted by molar-refractivity contribution is 0.239. The Morgan fingerprint density at radius 1 is 1.38 bits per heavy atom. The van der Waals surface area contributed by atoms with Crippen LogP contribution in [-0.4, -0.2) is 16.6 Å². The number of rotatable bonds is 2. The second-order valence-corrected chi connectivity index (χ2v) is 6.34. The van der Waals surface area contributed by atoms with E-state index in [0.29, 0.717) is 17.9 Å². The molecule has 16 heavy (non-hydrogen) atoms. The largest absolute Gasteiger partial charge is 0.328 e. The standard InChI is InChI=1S/C12H19N3S/c13-8-1-3-12(14,4-2-8)10-5-9(10)11-6-15-7-16-11/h6-10H,1-5,13-14H2. The minimum absolute atomic E-state index is 0.0600. The van der Waals surface area contributed by atoms with Crippen molar-refractivity contribution in [1.29, 1.82) is 0 Å². The summed E-state index contributed by atoms with van der Waals surface area (Å²) in [6, 6.07) is 0.386. The maximum absolute atomic E-state index is 6.55. The molecule has 3 rings (SSSR count). The molecule has 0 aliphatic heterocycles. The van der Waals surface area contributed by atoms with Crippen LogP contribution < -0.4 is 11.5 Å². The van der Waals surface area contributed by atoms with Crippen LogP contribution in [0.3, 0.4) is 0 Å². The van der Waals surface area contributed by atoms with Gasteiger partial charge in [-0.3, -0.25) is 4.98 Å². The zero-order valence-electron chi connectivity index (χ0n) is 9.43. The molecule has 88 valence electrons. The molecule has 2 fully saturated rings. The Balaban J connectivity index is 1.67. The van der Waals surface area contributed by atoms with Crippen molar-refractivity contribution in [1.82, 2.24) is 4.98 Å². The van der Waals surface area contributed by atoms with Crippen molar-refractivity contribution >= 4 is 11.3 Å². The number of hydrogen-bond acceptors (Lipinski definition) is 4. The third kappa shape index (κ3) is 1.79. The highest BCUT2D eigenvalue weighted by Crippen LogP contribution is 2.56. The Kier molecular flexibility index (Phi) is 2.53. The van der Waals surface area contributed by atoms with Crippen LogP contribution >= 0.6 is 11.3 Å². The number of thiazole rings is 1. The summed E-state index contributed by atoms with van der Waals surface area (Å²) in [5.74, 6) is 1.37. The summed E-state index contributed by atoms with van der Waals surface area (Å²) in [4.78, 5) is 5.58. The molecule has 0 saturated heterocycles. The molecule has 0 amide bonds. The first kappa shape index (κ1) is 10.7. The van der Waals surface area contributed by atoms with E-state index in [0.717, 1.165) is 25.7 Å². The Labute approximate surface area is 100 Å². The van der Waals surface area contributed by atoms with Gasteiger partial charge in [0.1, 0.15) is 0 Å². The first-order valence-electron chi connectivity index (χ1n) is 6.12. The van der Waals surface area contributed by atoms with Gasteiger partial charge in [0.25, 0.3) is 0 Å². The normalized spacial score (nSPS) is 43.2. The van der Waals surface area contributed by atoms with Crippen LogP contribution in [0.15, 0.2) is 11.7 Å². The molecular formula is C12H19N3S. The molecule has 2 unspecified atom stereocenters. The highest BCUT2D eigenvalue weighted by molar-refractivity contribution is 7.09. The van der Waals surface area contributed by atoms with Crippen molar-refractivity contribution in [3.8, 4) is 0 Å². The van der Waals surface area contributed by atoms with E-state index >= 15 is 0 Å². The number of nitrogens with zero attached hydrogens (tertiary/aromatic N) is 1. The van der Waals surface area contributed by atoms with Crippen molar-refractivity contribution < 1.29 is 0 Å². The van der Waals surface area contributed by atoms with Crippen LogP contribution in [0.5, 0.6) is 0 Å². The number of hydrogen-bond donors (Lipinski definition) is 2. The summed E-state index contributed by atoms with van der Waals surface area (Å²) in [6.07, 6.45) is 7.67. The van der Waals surface area contributed by atoms with Gasteiger partial charge in [-0.1, -0.05) is 0 Å². The maximum atomic E-state index is 6.55. The molecule has 0 radical (unpaired) electrons. The van der Waals surface area contributed by atoms with Gasteiger partial charge in [0.05, 0.1) is 5.51 Å². The number of aromatic nitrogens is 1. The van der Waals surface area contributed by atoms with E-state index < -0.39 is 0 Å². The van der Waals surface area contributed by atoms with Crippen molar-refractivity contribution in [2.75, 3.05) is 0 Å². The van der Waals surface area contributed by atoms with Crippen molar-refractivity contribution in [3.05, 3.63) is 16.6 Å². The lowest BCUT2D eigenvalue weighted by Gasteiger charge is -2.36. The Bertz CT molecular complexity index is 354. The minimum Gasteiger partial charge on any atom is -0.328 e. The third-order valence-corrected chi connectivity index (χ3v) is 5.21. The Hall–Kier alpha value is -0.450. The van der Waals surface area contributed by atoms with Crippen molar-refractivity contribution in [2.45, 2.75) is 49.6 Å². The fraction of sp³-hybridized carbons (Fsp3) is 0.750. The summed E-state index contributed by atoms with van der Waals surface area (Å²) >= 11 is 1.77. The van der Waals surface area contributed by atoms with Gasteiger partial charge in [0, 0.05) is 22.7 Å². The van der Waals surface area contributed by atoms with Crippen LogP contribution in [0.25, 0.3) is 0 Å². The van der Waals surface area contributed by atoms with E-state index in [-0.39, 0.29) is 5.54 Å². The van der Waals surface area contributed by atoms with Crippen LogP contribution in [0.1, 0.15) is 42.9 Å². The molecule has 1 aromatic heterocycles. The van der Waals surface area contributed by atoms with Gasteiger partial charge in [-0.05, 0) is 43.9 Å². The summed E-state index contributed by atoms with van der Waals surface area (Å²) in [5, 5.41) is 0. The van der Waals surface area contributed by atoms with Gasteiger partial charge >= 0.3 is 0 Å². The summed E-state index contributed by atoms with van der Waals surface area (Å²) in [7, 11) is 0. The van der Waals surface area contributed by atoms with Gasteiger partial charge < -0.3 is 11.5 Å². The fourth-order valence-corrected chi connectivity index (χ4v) is 3.90. The average molecular weight is 237 g/mol. The number of nitrogens with two attached hydrogens (primary N) is 2. The molecule has 4 heteroatoms. The lowest BCUT2D eigenvalue weighted by Crippen LogP contribution is -2.48. The second kappa shape index (κ2) is 3.79. The molecule has 2 atom stereocenters. The molecule has 2 aliphatic rings. The topological polar surface area (TPSA) is 64.9 Å². The SMILES string of the molecule is NC1CCC(N)(C2CC2c2cncs2)CC1. The van der Waals surface area contributed by atoms with Crippen molar-refractivity contribution in [3.63, 3.8) is 0 Å². The Morgan fingerprint density at radius 3 is 2.75 bits per heavy atom. The van der Waals surface area contributed by atoms with E-state index in [1.165, 1.54) is 11.3 Å². The van der Waals surface area contributed by atoms with E-state index in [1.54, 1.807) is 11.3 Å². The maximum Gasteiger partial charge on any atom is 0.0794 e. The first-order valence-corrected chi connectivity index (χ1v) is 7.00. The predicted molar refractivity (Wildman–Crippen MR) is 66.3 cm³/mol. The molecule has 0 spiro atoms. The monoisotopic (exact) mass is 237 g/mol. The molecule has 4 N–H and O–H groups in total. The minimum atomic E-state index is 0.0600. The van der Waals surface area contributed by atoms with E-state index in [9.17, 15) is 0 Å². The third-order valence-electron chi connectivity index (χ3n) is 4.31. The summed E-state index contributed by atoms with van der Waals surface area (Å²) in [6.45, 7) is 0. The molecule has 3 nitrogen and oxygen atoms in total. The van der Waals surface area contributed by atoms with Gasteiger partial charge in [0.15, 0.2) is 0 Å². The quantitative estimate of drug-likeness (QED) is 0.825. The van der Waals surface area contributed by atoms with Gasteiger partial charge in [-0.2, -0.15) is 0 Å². The molecule has 2 saturated carbocycles. The van der Waals surface area contributed by atoms with E-state index in [4.69, 9.17) is 11.5 Å². The zero-order valence-corrected chi connectivity index (χ0v) is 10.2. The first-order chi connectivity index (χ1) is 7.69. The molecular weight excluding hydrogens is 218 g/mol. The van der Waals surface area contributed by atoms with Crippen LogP contribution in [-0.2, 0) is 0 Å². The second-order valence-electron chi connectivity index (χ2n) is 5.42. The fourth-order valence-electron chi connectivity index (χ4n) is 3.10. The molecule has 0 aromatic carbocycles. The van der Waals surface area contributed by atoms with Gasteiger partial charge in [-0.25, -0.2) is 0 Å². The van der Waals surface area contributed by atoms with Gasteiger partial charge in [0.2, 0.25) is 0 Å². The predicted octanol–water partition coefficient (Wildman–Crippen LogP) is 1.85. The Morgan fingerprint density at radius 2 is 2.12 bits per heavy atom.